The molecule has 0 bridgehead atoms. The minimum absolute atomic E-state index is 0.0122. The summed E-state index contributed by atoms with van der Waals surface area (Å²) in [6, 6.07) is 22.6. The number of hydrogen-bond acceptors (Lipinski definition) is 3. The number of para-hydroxylation sites is 1. The molecular formula is C30H33N3O2. The van der Waals surface area contributed by atoms with E-state index in [2.05, 4.69) is 20.8 Å². The van der Waals surface area contributed by atoms with Gasteiger partial charge in [0.05, 0.1) is 22.6 Å². The Morgan fingerprint density at radius 1 is 1.00 bits per heavy atom. The highest BCUT2D eigenvalue weighted by atomic mass is 16.2. The van der Waals surface area contributed by atoms with Gasteiger partial charge >= 0.3 is 0 Å². The number of fused-ring (bicyclic) bond motifs is 1. The smallest absolute Gasteiger partial charge is 0.266 e. The Hall–Kier alpha value is -3.73. The molecule has 5 nitrogen and oxygen atoms in total. The fraction of sp³-hybridized carbons (Fsp3) is 0.300. The number of carbonyl (C=O) groups is 1. The second-order valence-corrected chi connectivity index (χ2v) is 10.1. The van der Waals surface area contributed by atoms with E-state index in [1.54, 1.807) is 22.6 Å². The van der Waals surface area contributed by atoms with Crippen molar-refractivity contribution in [3.8, 4) is 5.69 Å². The van der Waals surface area contributed by atoms with Gasteiger partial charge in [-0.1, -0.05) is 64.1 Å². The molecule has 0 aliphatic carbocycles. The van der Waals surface area contributed by atoms with Gasteiger partial charge in [-0.05, 0) is 66.3 Å². The van der Waals surface area contributed by atoms with Crippen LogP contribution < -0.4 is 5.56 Å². The number of carbonyl (C=O) groups excluding carboxylic acids is 1. The first-order valence-corrected chi connectivity index (χ1v) is 12.1. The van der Waals surface area contributed by atoms with Gasteiger partial charge in [-0.15, -0.1) is 0 Å². The third-order valence-electron chi connectivity index (χ3n) is 6.53. The second kappa shape index (κ2) is 9.49. The summed E-state index contributed by atoms with van der Waals surface area (Å²) in [6.45, 7) is 10.5. The van der Waals surface area contributed by atoms with Crippen molar-refractivity contribution in [1.29, 1.82) is 0 Å². The van der Waals surface area contributed by atoms with Gasteiger partial charge in [0.15, 0.2) is 0 Å². The summed E-state index contributed by atoms with van der Waals surface area (Å²) >= 11 is 0. The molecule has 0 saturated carbocycles. The zero-order chi connectivity index (χ0) is 25.3. The summed E-state index contributed by atoms with van der Waals surface area (Å²) in [7, 11) is 1.79. The van der Waals surface area contributed by atoms with Crippen LogP contribution in [-0.2, 0) is 5.41 Å². The van der Waals surface area contributed by atoms with Crippen molar-refractivity contribution >= 4 is 16.8 Å². The van der Waals surface area contributed by atoms with Crippen molar-refractivity contribution in [2.45, 2.75) is 52.5 Å². The average molecular weight is 468 g/mol. The van der Waals surface area contributed by atoms with Gasteiger partial charge in [-0.2, -0.15) is 0 Å². The summed E-state index contributed by atoms with van der Waals surface area (Å²) in [5.41, 5.74) is 4.09. The van der Waals surface area contributed by atoms with Gasteiger partial charge in [0.25, 0.3) is 11.5 Å². The fourth-order valence-corrected chi connectivity index (χ4v) is 4.48. The van der Waals surface area contributed by atoms with E-state index < -0.39 is 0 Å². The Kier molecular flexibility index (Phi) is 6.62. The van der Waals surface area contributed by atoms with Crippen molar-refractivity contribution in [3.63, 3.8) is 0 Å². The number of aromatic nitrogens is 2. The largest absolute Gasteiger partial charge is 0.332 e. The van der Waals surface area contributed by atoms with Crippen LogP contribution in [0.1, 0.15) is 67.5 Å². The molecule has 0 aliphatic heterocycles. The third kappa shape index (κ3) is 4.76. The van der Waals surface area contributed by atoms with Gasteiger partial charge in [0.1, 0.15) is 5.82 Å². The minimum Gasteiger partial charge on any atom is -0.332 e. The topological polar surface area (TPSA) is 55.2 Å². The molecule has 1 aromatic heterocycles. The van der Waals surface area contributed by atoms with Crippen LogP contribution in [0.3, 0.4) is 0 Å². The summed E-state index contributed by atoms with van der Waals surface area (Å²) in [5, 5.41) is 0.555. The van der Waals surface area contributed by atoms with E-state index >= 15 is 0 Å². The van der Waals surface area contributed by atoms with Crippen LogP contribution in [0.2, 0.25) is 0 Å². The SMILES string of the molecule is CCC(c1nc2ccccc2c(=O)n1-c1cccc(C)c1)N(C)C(=O)c1ccc(C(C)(C)C)cc1. The van der Waals surface area contributed by atoms with E-state index in [9.17, 15) is 9.59 Å². The molecular weight excluding hydrogens is 434 g/mol. The zero-order valence-corrected chi connectivity index (χ0v) is 21.4. The number of nitrogens with zero attached hydrogens (tertiary/aromatic N) is 3. The number of amides is 1. The quantitative estimate of drug-likeness (QED) is 0.350. The predicted molar refractivity (Wildman–Crippen MR) is 142 cm³/mol. The summed E-state index contributed by atoms with van der Waals surface area (Å²) in [5.74, 6) is 0.458. The number of benzene rings is 3. The standard InChI is InChI=1S/C30H33N3O2/c1-7-26(32(6)28(34)21-15-17-22(18-16-21)30(3,4)5)27-31-25-14-9-8-13-24(25)29(35)33(27)23-12-10-11-20(2)19-23/h8-19,26H,7H2,1-6H3. The Morgan fingerprint density at radius 2 is 1.69 bits per heavy atom. The Labute approximate surface area is 207 Å². The third-order valence-corrected chi connectivity index (χ3v) is 6.53. The van der Waals surface area contributed by atoms with E-state index in [4.69, 9.17) is 4.98 Å². The van der Waals surface area contributed by atoms with Gasteiger partial charge in [-0.3, -0.25) is 14.2 Å². The summed E-state index contributed by atoms with van der Waals surface area (Å²) < 4.78 is 1.66. The van der Waals surface area contributed by atoms with Crippen molar-refractivity contribution < 1.29 is 4.79 Å². The molecule has 1 heterocycles. The number of hydrogen-bond donors (Lipinski definition) is 0. The highest BCUT2D eigenvalue weighted by Gasteiger charge is 2.27. The number of rotatable bonds is 5. The van der Waals surface area contributed by atoms with E-state index in [1.807, 2.05) is 80.6 Å². The lowest BCUT2D eigenvalue weighted by Gasteiger charge is -2.29. The van der Waals surface area contributed by atoms with Crippen LogP contribution in [0.5, 0.6) is 0 Å². The molecule has 180 valence electrons. The lowest BCUT2D eigenvalue weighted by Crippen LogP contribution is -2.36. The van der Waals surface area contributed by atoms with Crippen LogP contribution in [0.25, 0.3) is 16.6 Å². The average Bonchev–Trinajstić information content (AvgIpc) is 2.83. The predicted octanol–water partition coefficient (Wildman–Crippen LogP) is 6.21. The van der Waals surface area contributed by atoms with Crippen molar-refractivity contribution in [1.82, 2.24) is 14.5 Å². The molecule has 35 heavy (non-hydrogen) atoms. The lowest BCUT2D eigenvalue weighted by molar-refractivity contribution is 0.0717. The fourth-order valence-electron chi connectivity index (χ4n) is 4.48. The minimum atomic E-state index is -0.386. The maximum atomic E-state index is 13.7. The molecule has 0 fully saturated rings. The van der Waals surface area contributed by atoms with Gasteiger partial charge in [0, 0.05) is 12.6 Å². The van der Waals surface area contributed by atoms with Crippen molar-refractivity contribution in [3.05, 3.63) is 106 Å². The van der Waals surface area contributed by atoms with E-state index in [0.717, 1.165) is 11.3 Å². The Morgan fingerprint density at radius 3 is 2.31 bits per heavy atom. The van der Waals surface area contributed by atoms with Gasteiger partial charge < -0.3 is 4.90 Å². The molecule has 0 radical (unpaired) electrons. The first-order valence-electron chi connectivity index (χ1n) is 12.1. The van der Waals surface area contributed by atoms with Crippen LogP contribution in [0, 0.1) is 6.92 Å². The maximum Gasteiger partial charge on any atom is 0.266 e. The molecule has 0 aliphatic rings. The summed E-state index contributed by atoms with van der Waals surface area (Å²) in [6.07, 6.45) is 0.610. The molecule has 1 unspecified atom stereocenters. The zero-order valence-electron chi connectivity index (χ0n) is 21.4. The number of aryl methyl sites for hydroxylation is 1. The highest BCUT2D eigenvalue weighted by Crippen LogP contribution is 2.27. The van der Waals surface area contributed by atoms with Crippen LogP contribution in [-0.4, -0.2) is 27.4 Å². The van der Waals surface area contributed by atoms with Crippen molar-refractivity contribution in [2.24, 2.45) is 0 Å². The van der Waals surface area contributed by atoms with Crippen LogP contribution >= 0.6 is 0 Å². The molecule has 4 aromatic rings. The highest BCUT2D eigenvalue weighted by molar-refractivity contribution is 5.94. The molecule has 0 saturated heterocycles. The van der Waals surface area contributed by atoms with E-state index in [-0.39, 0.29) is 22.9 Å². The molecule has 1 amide bonds. The molecule has 1 atom stereocenters. The van der Waals surface area contributed by atoms with Crippen LogP contribution in [0.4, 0.5) is 0 Å². The Bertz CT molecular complexity index is 1430. The molecule has 0 spiro atoms. The second-order valence-electron chi connectivity index (χ2n) is 10.1. The van der Waals surface area contributed by atoms with Crippen LogP contribution in [0.15, 0.2) is 77.6 Å². The molecule has 0 N–H and O–H groups in total. The maximum absolute atomic E-state index is 13.7. The van der Waals surface area contributed by atoms with Gasteiger partial charge in [0.2, 0.25) is 0 Å². The Balaban J connectivity index is 1.84. The lowest BCUT2D eigenvalue weighted by atomic mass is 9.86. The normalized spacial score (nSPS) is 12.5. The first kappa shape index (κ1) is 24.4. The van der Waals surface area contributed by atoms with Gasteiger partial charge in [-0.25, -0.2) is 4.98 Å². The monoisotopic (exact) mass is 467 g/mol. The molecule has 4 rings (SSSR count). The molecule has 3 aromatic carbocycles. The van der Waals surface area contributed by atoms with Crippen molar-refractivity contribution in [2.75, 3.05) is 7.05 Å². The summed E-state index contributed by atoms with van der Waals surface area (Å²) in [4.78, 5) is 33.9. The van der Waals surface area contributed by atoms with E-state index in [1.165, 1.54) is 5.56 Å². The first-order chi connectivity index (χ1) is 16.6. The molecule has 5 heteroatoms. The van der Waals surface area contributed by atoms with E-state index in [0.29, 0.717) is 28.7 Å².